The van der Waals surface area contributed by atoms with Gasteiger partial charge >= 0.3 is 0 Å². The van der Waals surface area contributed by atoms with Crippen LogP contribution in [-0.2, 0) is 6.54 Å². The van der Waals surface area contributed by atoms with Crippen molar-refractivity contribution in [1.82, 2.24) is 25.3 Å². The molecule has 26 heavy (non-hydrogen) atoms. The zero-order valence-electron chi connectivity index (χ0n) is 13.9. The summed E-state index contributed by atoms with van der Waals surface area (Å²) in [5.74, 6) is 0.786. The van der Waals surface area contributed by atoms with Crippen molar-refractivity contribution in [1.29, 1.82) is 0 Å². The topological polar surface area (TPSA) is 92.5 Å². The molecule has 0 atom stereocenters. The van der Waals surface area contributed by atoms with Crippen molar-refractivity contribution >= 4 is 5.82 Å². The van der Waals surface area contributed by atoms with E-state index in [9.17, 15) is 4.39 Å². The van der Waals surface area contributed by atoms with Gasteiger partial charge in [0, 0.05) is 11.9 Å². The van der Waals surface area contributed by atoms with Crippen LogP contribution in [0.1, 0.15) is 11.4 Å². The SMILES string of the molecule is Cc1cc(CNc2ccc(-c3nc(-c4ccccc4F)no3)cn2)n[nH]1. The summed E-state index contributed by atoms with van der Waals surface area (Å²) < 4.78 is 19.0. The van der Waals surface area contributed by atoms with Crippen LogP contribution in [0, 0.1) is 12.7 Å². The van der Waals surface area contributed by atoms with E-state index in [0.29, 0.717) is 23.5 Å². The molecule has 7 nitrogen and oxygen atoms in total. The Morgan fingerprint density at radius 3 is 2.81 bits per heavy atom. The predicted octanol–water partition coefficient (Wildman–Crippen LogP) is 3.58. The summed E-state index contributed by atoms with van der Waals surface area (Å²) in [6.45, 7) is 2.51. The molecular formula is C18H15FN6O. The van der Waals surface area contributed by atoms with Crippen molar-refractivity contribution in [2.75, 3.05) is 5.32 Å². The van der Waals surface area contributed by atoms with Crippen LogP contribution in [0.5, 0.6) is 0 Å². The zero-order chi connectivity index (χ0) is 17.9. The lowest BCUT2D eigenvalue weighted by molar-refractivity contribution is 0.431. The first-order valence-electron chi connectivity index (χ1n) is 7.99. The van der Waals surface area contributed by atoms with Gasteiger partial charge in [-0.3, -0.25) is 5.10 Å². The lowest BCUT2D eigenvalue weighted by Gasteiger charge is -2.03. The Balaban J connectivity index is 1.48. The molecule has 0 aliphatic rings. The first-order chi connectivity index (χ1) is 12.7. The first-order valence-corrected chi connectivity index (χ1v) is 7.99. The van der Waals surface area contributed by atoms with E-state index >= 15 is 0 Å². The van der Waals surface area contributed by atoms with Gasteiger partial charge in [0.15, 0.2) is 0 Å². The second kappa shape index (κ2) is 6.75. The summed E-state index contributed by atoms with van der Waals surface area (Å²) >= 11 is 0. The molecule has 0 aliphatic carbocycles. The average molecular weight is 350 g/mol. The van der Waals surface area contributed by atoms with Crippen LogP contribution in [0.15, 0.2) is 53.2 Å². The van der Waals surface area contributed by atoms with E-state index in [1.165, 1.54) is 6.07 Å². The fourth-order valence-electron chi connectivity index (χ4n) is 2.46. The molecule has 8 heteroatoms. The first kappa shape index (κ1) is 15.9. The molecule has 0 bridgehead atoms. The molecule has 0 radical (unpaired) electrons. The van der Waals surface area contributed by atoms with Gasteiger partial charge in [0.05, 0.1) is 23.4 Å². The van der Waals surface area contributed by atoms with Gasteiger partial charge in [-0.2, -0.15) is 10.1 Å². The summed E-state index contributed by atoms with van der Waals surface area (Å²) in [5, 5.41) is 14.1. The Bertz CT molecular complexity index is 1020. The van der Waals surface area contributed by atoms with E-state index in [2.05, 4.69) is 30.6 Å². The van der Waals surface area contributed by atoms with E-state index in [1.807, 2.05) is 25.1 Å². The minimum Gasteiger partial charge on any atom is -0.364 e. The van der Waals surface area contributed by atoms with Crippen molar-refractivity contribution in [2.24, 2.45) is 0 Å². The van der Waals surface area contributed by atoms with Crippen LogP contribution in [0.4, 0.5) is 10.2 Å². The molecule has 130 valence electrons. The Morgan fingerprint density at radius 2 is 2.08 bits per heavy atom. The number of benzene rings is 1. The molecular weight excluding hydrogens is 335 g/mol. The van der Waals surface area contributed by atoms with E-state index in [4.69, 9.17) is 4.52 Å². The largest absolute Gasteiger partial charge is 0.364 e. The second-order valence-corrected chi connectivity index (χ2v) is 5.73. The number of halogens is 1. The Morgan fingerprint density at radius 1 is 1.19 bits per heavy atom. The molecule has 4 rings (SSSR count). The molecule has 0 spiro atoms. The second-order valence-electron chi connectivity index (χ2n) is 5.73. The summed E-state index contributed by atoms with van der Waals surface area (Å²) in [5.41, 5.74) is 2.86. The van der Waals surface area contributed by atoms with Crippen LogP contribution in [0.2, 0.25) is 0 Å². The van der Waals surface area contributed by atoms with Crippen molar-refractivity contribution in [3.05, 3.63) is 65.9 Å². The predicted molar refractivity (Wildman–Crippen MR) is 93.6 cm³/mol. The van der Waals surface area contributed by atoms with Crippen LogP contribution < -0.4 is 5.32 Å². The Hall–Kier alpha value is -3.55. The molecule has 2 N–H and O–H groups in total. The van der Waals surface area contributed by atoms with Crippen molar-refractivity contribution in [3.8, 4) is 22.8 Å². The monoisotopic (exact) mass is 350 g/mol. The van der Waals surface area contributed by atoms with E-state index in [1.54, 1.807) is 24.4 Å². The molecule has 0 saturated carbocycles. The Kier molecular flexibility index (Phi) is 4.14. The number of aromatic amines is 1. The van der Waals surface area contributed by atoms with Gasteiger partial charge < -0.3 is 9.84 Å². The fraction of sp³-hybridized carbons (Fsp3) is 0.111. The molecule has 0 fully saturated rings. The third-order valence-electron chi connectivity index (χ3n) is 3.76. The fourth-order valence-corrected chi connectivity index (χ4v) is 2.46. The lowest BCUT2D eigenvalue weighted by Crippen LogP contribution is -2.01. The molecule has 4 aromatic rings. The van der Waals surface area contributed by atoms with E-state index in [-0.39, 0.29) is 11.7 Å². The number of aryl methyl sites for hydroxylation is 1. The minimum atomic E-state index is -0.397. The number of hydrogen-bond acceptors (Lipinski definition) is 6. The number of nitrogens with zero attached hydrogens (tertiary/aromatic N) is 4. The molecule has 0 saturated heterocycles. The van der Waals surface area contributed by atoms with Gasteiger partial charge in [-0.15, -0.1) is 0 Å². The molecule has 0 aliphatic heterocycles. The average Bonchev–Trinajstić information content (AvgIpc) is 3.30. The number of pyridine rings is 1. The number of H-pyrrole nitrogens is 1. The smallest absolute Gasteiger partial charge is 0.259 e. The maximum Gasteiger partial charge on any atom is 0.259 e. The third kappa shape index (κ3) is 3.30. The molecule has 1 aromatic carbocycles. The number of nitrogens with one attached hydrogen (secondary N) is 2. The van der Waals surface area contributed by atoms with E-state index in [0.717, 1.165) is 11.4 Å². The number of rotatable bonds is 5. The standard InChI is InChI=1S/C18H15FN6O/c1-11-8-13(24-23-11)10-21-16-7-6-12(9-20-16)18-22-17(25-26-18)14-4-2-3-5-15(14)19/h2-9H,10H2,1H3,(H,20,21)(H,23,24). The number of hydrogen-bond donors (Lipinski definition) is 2. The normalized spacial score (nSPS) is 10.8. The Labute approximate surface area is 148 Å². The zero-order valence-corrected chi connectivity index (χ0v) is 13.9. The summed E-state index contributed by atoms with van der Waals surface area (Å²) in [6.07, 6.45) is 1.62. The third-order valence-corrected chi connectivity index (χ3v) is 3.76. The highest BCUT2D eigenvalue weighted by Gasteiger charge is 2.14. The highest BCUT2D eigenvalue weighted by Crippen LogP contribution is 2.24. The molecule has 3 aromatic heterocycles. The highest BCUT2D eigenvalue weighted by molar-refractivity contribution is 5.60. The summed E-state index contributed by atoms with van der Waals surface area (Å²) in [7, 11) is 0. The van der Waals surface area contributed by atoms with Gasteiger partial charge in [0.25, 0.3) is 5.89 Å². The minimum absolute atomic E-state index is 0.203. The maximum atomic E-state index is 13.8. The number of aromatic nitrogens is 5. The lowest BCUT2D eigenvalue weighted by atomic mass is 10.2. The van der Waals surface area contributed by atoms with Crippen molar-refractivity contribution in [3.63, 3.8) is 0 Å². The van der Waals surface area contributed by atoms with Gasteiger partial charge in [-0.1, -0.05) is 17.3 Å². The van der Waals surface area contributed by atoms with Crippen LogP contribution in [-0.4, -0.2) is 25.3 Å². The summed E-state index contributed by atoms with van der Waals surface area (Å²) in [4.78, 5) is 8.57. The number of anilines is 1. The van der Waals surface area contributed by atoms with Gasteiger partial charge in [-0.05, 0) is 37.3 Å². The van der Waals surface area contributed by atoms with Gasteiger partial charge in [-0.25, -0.2) is 9.37 Å². The van der Waals surface area contributed by atoms with Crippen LogP contribution >= 0.6 is 0 Å². The molecule has 0 unspecified atom stereocenters. The molecule has 3 heterocycles. The summed E-state index contributed by atoms with van der Waals surface area (Å²) in [6, 6.07) is 11.9. The van der Waals surface area contributed by atoms with Crippen LogP contribution in [0.25, 0.3) is 22.8 Å². The van der Waals surface area contributed by atoms with Crippen molar-refractivity contribution in [2.45, 2.75) is 13.5 Å². The van der Waals surface area contributed by atoms with Gasteiger partial charge in [0.2, 0.25) is 5.82 Å². The van der Waals surface area contributed by atoms with Gasteiger partial charge in [0.1, 0.15) is 11.6 Å². The molecule has 0 amide bonds. The van der Waals surface area contributed by atoms with E-state index < -0.39 is 5.82 Å². The van der Waals surface area contributed by atoms with Crippen molar-refractivity contribution < 1.29 is 8.91 Å². The maximum absolute atomic E-state index is 13.8. The van der Waals surface area contributed by atoms with Crippen LogP contribution in [0.3, 0.4) is 0 Å². The highest BCUT2D eigenvalue weighted by atomic mass is 19.1. The quantitative estimate of drug-likeness (QED) is 0.571.